The molecule has 0 radical (unpaired) electrons. The molecule has 0 bridgehead atoms. The van der Waals surface area contributed by atoms with Crippen LogP contribution in [0.2, 0.25) is 0 Å². The molecule has 1 aromatic rings. The molecule has 1 N–H and O–H groups in total. The van der Waals surface area contributed by atoms with Gasteiger partial charge in [0, 0.05) is 13.1 Å². The Morgan fingerprint density at radius 3 is 2.17 bits per heavy atom. The Morgan fingerprint density at radius 2 is 1.72 bits per heavy atom. The van der Waals surface area contributed by atoms with Crippen LogP contribution in [0, 0.1) is 12.8 Å². The maximum Gasteiger partial charge on any atom is 0.243 e. The first kappa shape index (κ1) is 13.5. The molecule has 100 valence electrons. The standard InChI is InChI=1S/C13H19NO3S/c1-10(2)13(15)8-14(9-13)18(16,17)12-6-4-11(3)5-7-12/h4-7,10,15H,8-9H2,1-3H3. The minimum absolute atomic E-state index is 0.0574. The molecule has 0 saturated carbocycles. The first-order chi connectivity index (χ1) is 8.25. The molecule has 1 aliphatic rings. The minimum Gasteiger partial charge on any atom is -0.387 e. The molecule has 0 aromatic heterocycles. The lowest BCUT2D eigenvalue weighted by Gasteiger charge is -2.47. The number of aliphatic hydroxyl groups is 1. The maximum absolute atomic E-state index is 12.3. The van der Waals surface area contributed by atoms with Gasteiger partial charge in [0.25, 0.3) is 0 Å². The highest BCUT2D eigenvalue weighted by Gasteiger charge is 2.48. The summed E-state index contributed by atoms with van der Waals surface area (Å²) in [4.78, 5) is 0.291. The van der Waals surface area contributed by atoms with Gasteiger partial charge < -0.3 is 5.11 Å². The molecule has 0 amide bonds. The highest BCUT2D eigenvalue weighted by atomic mass is 32.2. The molecule has 1 heterocycles. The van der Waals surface area contributed by atoms with Crippen LogP contribution in [-0.4, -0.2) is 36.5 Å². The van der Waals surface area contributed by atoms with Crippen molar-refractivity contribution in [2.24, 2.45) is 5.92 Å². The zero-order valence-electron chi connectivity index (χ0n) is 10.9. The second-order valence-electron chi connectivity index (χ2n) is 5.34. The van der Waals surface area contributed by atoms with Crippen LogP contribution in [0.3, 0.4) is 0 Å². The van der Waals surface area contributed by atoms with E-state index in [1.165, 1.54) is 4.31 Å². The monoisotopic (exact) mass is 269 g/mol. The molecule has 5 heteroatoms. The number of rotatable bonds is 3. The fraction of sp³-hybridized carbons (Fsp3) is 0.538. The van der Waals surface area contributed by atoms with Gasteiger partial charge in [-0.05, 0) is 25.0 Å². The SMILES string of the molecule is Cc1ccc(S(=O)(=O)N2CC(O)(C(C)C)C2)cc1. The summed E-state index contributed by atoms with van der Waals surface area (Å²) >= 11 is 0. The summed E-state index contributed by atoms with van der Waals surface area (Å²) in [6.07, 6.45) is 0. The molecule has 18 heavy (non-hydrogen) atoms. The maximum atomic E-state index is 12.3. The molecule has 0 spiro atoms. The van der Waals surface area contributed by atoms with Crippen molar-refractivity contribution in [1.29, 1.82) is 0 Å². The van der Waals surface area contributed by atoms with Gasteiger partial charge in [0.2, 0.25) is 10.0 Å². The van der Waals surface area contributed by atoms with Crippen molar-refractivity contribution in [3.05, 3.63) is 29.8 Å². The molecular formula is C13H19NO3S. The van der Waals surface area contributed by atoms with Gasteiger partial charge in [-0.3, -0.25) is 0 Å². The molecule has 1 aromatic carbocycles. The van der Waals surface area contributed by atoms with Crippen molar-refractivity contribution in [2.75, 3.05) is 13.1 Å². The summed E-state index contributed by atoms with van der Waals surface area (Å²) in [5.41, 5.74) is 0.147. The molecule has 2 rings (SSSR count). The zero-order valence-corrected chi connectivity index (χ0v) is 11.7. The van der Waals surface area contributed by atoms with E-state index in [1.54, 1.807) is 24.3 Å². The lowest BCUT2D eigenvalue weighted by atomic mass is 9.85. The number of β-amino-alcohol motifs (C(OH)–C–C–N with tert-alkyl or cyclic N) is 1. The molecule has 0 aliphatic carbocycles. The number of benzene rings is 1. The minimum atomic E-state index is -3.45. The molecule has 1 saturated heterocycles. The summed E-state index contributed by atoms with van der Waals surface area (Å²) < 4.78 is 25.8. The fourth-order valence-corrected chi connectivity index (χ4v) is 3.52. The number of hydrogen-bond acceptors (Lipinski definition) is 3. The van der Waals surface area contributed by atoms with E-state index in [9.17, 15) is 13.5 Å². The normalized spacial score (nSPS) is 19.8. The fourth-order valence-electron chi connectivity index (χ4n) is 1.96. The van der Waals surface area contributed by atoms with Gasteiger partial charge >= 0.3 is 0 Å². The first-order valence-corrected chi connectivity index (χ1v) is 7.49. The van der Waals surface area contributed by atoms with Crippen molar-refractivity contribution in [2.45, 2.75) is 31.3 Å². The Balaban J connectivity index is 2.18. The van der Waals surface area contributed by atoms with Gasteiger partial charge in [-0.15, -0.1) is 0 Å². The Labute approximate surface area is 108 Å². The number of nitrogens with zero attached hydrogens (tertiary/aromatic N) is 1. The average Bonchev–Trinajstić information content (AvgIpc) is 2.25. The Hall–Kier alpha value is -0.910. The Bertz CT molecular complexity index is 528. The van der Waals surface area contributed by atoms with Crippen LogP contribution in [0.4, 0.5) is 0 Å². The predicted molar refractivity (Wildman–Crippen MR) is 69.7 cm³/mol. The van der Waals surface area contributed by atoms with Crippen molar-refractivity contribution in [3.63, 3.8) is 0 Å². The van der Waals surface area contributed by atoms with Crippen LogP contribution in [-0.2, 0) is 10.0 Å². The van der Waals surface area contributed by atoms with Crippen molar-refractivity contribution >= 4 is 10.0 Å². The summed E-state index contributed by atoms with van der Waals surface area (Å²) in [6.45, 7) is 6.07. The van der Waals surface area contributed by atoms with Gasteiger partial charge in [0.15, 0.2) is 0 Å². The first-order valence-electron chi connectivity index (χ1n) is 6.05. The van der Waals surface area contributed by atoms with Gasteiger partial charge in [-0.2, -0.15) is 4.31 Å². The van der Waals surface area contributed by atoms with Crippen molar-refractivity contribution in [3.8, 4) is 0 Å². The number of aryl methyl sites for hydroxylation is 1. The third-order valence-electron chi connectivity index (χ3n) is 3.63. The second kappa shape index (κ2) is 4.33. The predicted octanol–water partition coefficient (Wildman–Crippen LogP) is 1.39. The molecule has 1 aliphatic heterocycles. The van der Waals surface area contributed by atoms with E-state index in [0.717, 1.165) is 5.56 Å². The quantitative estimate of drug-likeness (QED) is 0.902. The third-order valence-corrected chi connectivity index (χ3v) is 5.44. The molecule has 1 fully saturated rings. The van der Waals surface area contributed by atoms with Crippen LogP contribution in [0.5, 0.6) is 0 Å². The van der Waals surface area contributed by atoms with Crippen LogP contribution in [0.1, 0.15) is 19.4 Å². The van der Waals surface area contributed by atoms with Crippen molar-refractivity contribution in [1.82, 2.24) is 4.31 Å². The Kier molecular flexibility index (Phi) is 3.25. The second-order valence-corrected chi connectivity index (χ2v) is 7.28. The van der Waals surface area contributed by atoms with Gasteiger partial charge in [0.05, 0.1) is 10.5 Å². The molecule has 0 unspecified atom stereocenters. The van der Waals surface area contributed by atoms with Crippen molar-refractivity contribution < 1.29 is 13.5 Å². The topological polar surface area (TPSA) is 57.6 Å². The van der Waals surface area contributed by atoms with E-state index < -0.39 is 15.6 Å². The van der Waals surface area contributed by atoms with E-state index in [2.05, 4.69) is 0 Å². The molecule has 0 atom stereocenters. The van der Waals surface area contributed by atoms with Gasteiger partial charge in [0.1, 0.15) is 0 Å². The van der Waals surface area contributed by atoms with Crippen LogP contribution >= 0.6 is 0 Å². The lowest BCUT2D eigenvalue weighted by Crippen LogP contribution is -2.65. The number of sulfonamides is 1. The molecular weight excluding hydrogens is 250 g/mol. The zero-order chi connectivity index (χ0) is 13.6. The van der Waals surface area contributed by atoms with E-state index >= 15 is 0 Å². The summed E-state index contributed by atoms with van der Waals surface area (Å²) in [6, 6.07) is 6.78. The van der Waals surface area contributed by atoms with E-state index in [1.807, 2.05) is 20.8 Å². The Morgan fingerprint density at radius 1 is 1.22 bits per heavy atom. The van der Waals surface area contributed by atoms with Crippen LogP contribution < -0.4 is 0 Å². The van der Waals surface area contributed by atoms with Gasteiger partial charge in [-0.25, -0.2) is 8.42 Å². The molecule has 4 nitrogen and oxygen atoms in total. The summed E-state index contributed by atoms with van der Waals surface area (Å²) in [7, 11) is -3.45. The van der Waals surface area contributed by atoms with E-state index in [0.29, 0.717) is 4.90 Å². The highest BCUT2D eigenvalue weighted by Crippen LogP contribution is 2.33. The lowest BCUT2D eigenvalue weighted by molar-refractivity contribution is -0.0932. The average molecular weight is 269 g/mol. The third kappa shape index (κ3) is 2.18. The van der Waals surface area contributed by atoms with Crippen LogP contribution in [0.15, 0.2) is 29.2 Å². The van der Waals surface area contributed by atoms with Gasteiger partial charge in [-0.1, -0.05) is 31.5 Å². The smallest absolute Gasteiger partial charge is 0.243 e. The van der Waals surface area contributed by atoms with E-state index in [4.69, 9.17) is 0 Å². The summed E-state index contributed by atoms with van der Waals surface area (Å²) in [5.74, 6) is 0.0574. The number of hydrogen-bond donors (Lipinski definition) is 1. The summed E-state index contributed by atoms with van der Waals surface area (Å²) in [5, 5.41) is 10.1. The largest absolute Gasteiger partial charge is 0.387 e. The van der Waals surface area contributed by atoms with Crippen LogP contribution in [0.25, 0.3) is 0 Å². The van der Waals surface area contributed by atoms with E-state index in [-0.39, 0.29) is 19.0 Å². The highest BCUT2D eigenvalue weighted by molar-refractivity contribution is 7.89.